The highest BCUT2D eigenvalue weighted by atomic mass is 35.5. The van der Waals surface area contributed by atoms with Crippen molar-refractivity contribution in [1.29, 1.82) is 5.26 Å². The van der Waals surface area contributed by atoms with E-state index in [9.17, 15) is 10.1 Å². The van der Waals surface area contributed by atoms with Gasteiger partial charge >= 0.3 is 0 Å². The highest BCUT2D eigenvalue weighted by molar-refractivity contribution is 7.13. The van der Waals surface area contributed by atoms with Crippen LogP contribution in [0, 0.1) is 32.1 Å². The second-order valence-corrected chi connectivity index (χ2v) is 7.38. The molecule has 0 aliphatic rings. The third-order valence-corrected chi connectivity index (χ3v) is 5.11. The number of benzene rings is 1. The van der Waals surface area contributed by atoms with Crippen LogP contribution in [0.3, 0.4) is 0 Å². The standard InChI is InChI=1S/C20H17ClN4OS/c1-12-8-17(21)4-5-18(12)25-13(2)9-15(14(25)3)10-16(11-22)19(26)24-20-23-6-7-27-20/h4-10H,1-3H3,(H,23,24,26)/b16-10-. The summed E-state index contributed by atoms with van der Waals surface area (Å²) in [6.07, 6.45) is 3.20. The highest BCUT2D eigenvalue weighted by Crippen LogP contribution is 2.26. The summed E-state index contributed by atoms with van der Waals surface area (Å²) in [5.41, 5.74) is 4.84. The molecule has 1 amide bonds. The summed E-state index contributed by atoms with van der Waals surface area (Å²) < 4.78 is 2.09. The molecule has 5 nitrogen and oxygen atoms in total. The minimum atomic E-state index is -0.472. The first-order valence-corrected chi connectivity index (χ1v) is 9.44. The van der Waals surface area contributed by atoms with E-state index in [1.54, 1.807) is 17.7 Å². The number of nitrogens with one attached hydrogen (secondary N) is 1. The van der Waals surface area contributed by atoms with Gasteiger partial charge in [0.15, 0.2) is 5.13 Å². The lowest BCUT2D eigenvalue weighted by Crippen LogP contribution is -2.13. The fraction of sp³-hybridized carbons (Fsp3) is 0.150. The molecule has 0 fully saturated rings. The predicted octanol–water partition coefficient (Wildman–Crippen LogP) is 5.06. The third kappa shape index (κ3) is 3.95. The molecular formula is C20H17ClN4OS. The number of aromatic nitrogens is 2. The zero-order chi connectivity index (χ0) is 19.6. The molecule has 3 rings (SSSR count). The number of hydrogen-bond donors (Lipinski definition) is 1. The molecule has 1 aromatic carbocycles. The van der Waals surface area contributed by atoms with Gasteiger partial charge in [0.1, 0.15) is 11.6 Å². The molecule has 0 atom stereocenters. The molecule has 2 aromatic heterocycles. The van der Waals surface area contributed by atoms with Gasteiger partial charge in [-0.3, -0.25) is 10.1 Å². The van der Waals surface area contributed by atoms with Crippen LogP contribution in [0.5, 0.6) is 0 Å². The first kappa shape index (κ1) is 18.9. The molecule has 136 valence electrons. The van der Waals surface area contributed by atoms with Crippen molar-refractivity contribution in [2.24, 2.45) is 0 Å². The Morgan fingerprint density at radius 2 is 2.11 bits per heavy atom. The first-order valence-electron chi connectivity index (χ1n) is 8.19. The van der Waals surface area contributed by atoms with Crippen LogP contribution in [0.4, 0.5) is 5.13 Å². The maximum Gasteiger partial charge on any atom is 0.268 e. The summed E-state index contributed by atoms with van der Waals surface area (Å²) in [5, 5.41) is 15.0. The van der Waals surface area contributed by atoms with E-state index < -0.39 is 5.91 Å². The lowest BCUT2D eigenvalue weighted by molar-refractivity contribution is -0.112. The van der Waals surface area contributed by atoms with E-state index in [0.29, 0.717) is 10.2 Å². The van der Waals surface area contributed by atoms with Crippen LogP contribution < -0.4 is 5.32 Å². The molecule has 0 saturated carbocycles. The van der Waals surface area contributed by atoms with Crippen LogP contribution in [0.15, 0.2) is 41.4 Å². The number of thiazole rings is 1. The largest absolute Gasteiger partial charge is 0.318 e. The minimum absolute atomic E-state index is 0.0262. The summed E-state index contributed by atoms with van der Waals surface area (Å²) in [4.78, 5) is 16.4. The Bertz CT molecular complexity index is 1070. The summed E-state index contributed by atoms with van der Waals surface area (Å²) >= 11 is 7.37. The van der Waals surface area contributed by atoms with E-state index in [-0.39, 0.29) is 5.57 Å². The SMILES string of the molecule is Cc1cc(Cl)ccc1-n1c(C)cc(/C=C(/C#N)C(=O)Nc2nccs2)c1C. The highest BCUT2D eigenvalue weighted by Gasteiger charge is 2.15. The second kappa shape index (κ2) is 7.78. The van der Waals surface area contributed by atoms with Crippen molar-refractivity contribution in [2.75, 3.05) is 5.32 Å². The van der Waals surface area contributed by atoms with Crippen LogP contribution >= 0.6 is 22.9 Å². The smallest absolute Gasteiger partial charge is 0.268 e. The lowest BCUT2D eigenvalue weighted by atomic mass is 10.1. The van der Waals surface area contributed by atoms with Crippen LogP contribution in [-0.2, 0) is 4.79 Å². The molecule has 0 bridgehead atoms. The molecule has 0 spiro atoms. The van der Waals surface area contributed by atoms with Crippen molar-refractivity contribution in [2.45, 2.75) is 20.8 Å². The Morgan fingerprint density at radius 1 is 1.33 bits per heavy atom. The van der Waals surface area contributed by atoms with Gasteiger partial charge in [0.2, 0.25) is 0 Å². The zero-order valence-electron chi connectivity index (χ0n) is 15.1. The molecule has 1 N–H and O–H groups in total. The molecule has 27 heavy (non-hydrogen) atoms. The fourth-order valence-electron chi connectivity index (χ4n) is 2.93. The van der Waals surface area contributed by atoms with Crippen molar-refractivity contribution in [3.05, 3.63) is 69.0 Å². The van der Waals surface area contributed by atoms with Gasteiger partial charge < -0.3 is 4.57 Å². The van der Waals surface area contributed by atoms with E-state index in [0.717, 1.165) is 28.2 Å². The minimum Gasteiger partial charge on any atom is -0.318 e. The molecule has 0 unspecified atom stereocenters. The average molecular weight is 397 g/mol. The van der Waals surface area contributed by atoms with Crippen molar-refractivity contribution >= 4 is 40.1 Å². The van der Waals surface area contributed by atoms with Crippen molar-refractivity contribution in [3.8, 4) is 11.8 Å². The third-order valence-electron chi connectivity index (χ3n) is 4.19. The van der Waals surface area contributed by atoms with Gasteiger partial charge in [0.05, 0.1) is 0 Å². The molecule has 2 heterocycles. The van der Waals surface area contributed by atoms with Gasteiger partial charge in [-0.1, -0.05) is 11.6 Å². The summed E-state index contributed by atoms with van der Waals surface area (Å²) in [6.45, 7) is 5.94. The normalized spacial score (nSPS) is 11.3. The Balaban J connectivity index is 1.98. The number of halogens is 1. The number of nitrogens with zero attached hydrogens (tertiary/aromatic N) is 3. The molecular weight excluding hydrogens is 380 g/mol. The van der Waals surface area contributed by atoms with E-state index in [2.05, 4.69) is 14.9 Å². The maximum atomic E-state index is 12.4. The number of aryl methyl sites for hydroxylation is 2. The number of rotatable bonds is 4. The second-order valence-electron chi connectivity index (χ2n) is 6.05. The van der Waals surface area contributed by atoms with E-state index in [1.165, 1.54) is 11.3 Å². The van der Waals surface area contributed by atoms with Crippen LogP contribution in [0.25, 0.3) is 11.8 Å². The lowest BCUT2D eigenvalue weighted by Gasteiger charge is -2.13. The molecule has 0 aliphatic carbocycles. The number of anilines is 1. The number of carbonyl (C=O) groups excluding carboxylic acids is 1. The summed E-state index contributed by atoms with van der Waals surface area (Å²) in [7, 11) is 0. The number of hydrogen-bond acceptors (Lipinski definition) is 4. The molecule has 0 radical (unpaired) electrons. The zero-order valence-corrected chi connectivity index (χ0v) is 16.6. The Morgan fingerprint density at radius 3 is 2.74 bits per heavy atom. The van der Waals surface area contributed by atoms with Gasteiger partial charge in [-0.15, -0.1) is 11.3 Å². The van der Waals surface area contributed by atoms with Gasteiger partial charge in [-0.05, 0) is 62.2 Å². The predicted molar refractivity (Wildman–Crippen MR) is 109 cm³/mol. The average Bonchev–Trinajstić information content (AvgIpc) is 3.22. The van der Waals surface area contributed by atoms with Crippen molar-refractivity contribution in [1.82, 2.24) is 9.55 Å². The van der Waals surface area contributed by atoms with Gasteiger partial charge in [-0.25, -0.2) is 4.98 Å². The Kier molecular flexibility index (Phi) is 5.45. The molecule has 7 heteroatoms. The van der Waals surface area contributed by atoms with Crippen LogP contribution in [-0.4, -0.2) is 15.5 Å². The van der Waals surface area contributed by atoms with E-state index in [4.69, 9.17) is 11.6 Å². The van der Waals surface area contributed by atoms with Crippen LogP contribution in [0.2, 0.25) is 5.02 Å². The quantitative estimate of drug-likeness (QED) is 0.495. The van der Waals surface area contributed by atoms with Crippen molar-refractivity contribution in [3.63, 3.8) is 0 Å². The molecule has 3 aromatic rings. The monoisotopic (exact) mass is 396 g/mol. The van der Waals surface area contributed by atoms with E-state index >= 15 is 0 Å². The summed E-state index contributed by atoms with van der Waals surface area (Å²) in [5.74, 6) is -0.472. The number of amides is 1. The van der Waals surface area contributed by atoms with Crippen molar-refractivity contribution < 1.29 is 4.79 Å². The number of carbonyl (C=O) groups is 1. The summed E-state index contributed by atoms with van der Waals surface area (Å²) in [6, 6.07) is 9.65. The first-order chi connectivity index (χ1) is 12.9. The number of nitriles is 1. The maximum absolute atomic E-state index is 12.4. The van der Waals surface area contributed by atoms with Crippen LogP contribution in [0.1, 0.15) is 22.5 Å². The molecule has 0 aliphatic heterocycles. The van der Waals surface area contributed by atoms with Gasteiger partial charge in [0, 0.05) is 33.7 Å². The van der Waals surface area contributed by atoms with E-state index in [1.807, 2.05) is 51.1 Å². The van der Waals surface area contributed by atoms with Gasteiger partial charge in [-0.2, -0.15) is 5.26 Å². The Labute approximate surface area is 166 Å². The fourth-order valence-corrected chi connectivity index (χ4v) is 3.68. The Hall–Kier alpha value is -2.88. The van der Waals surface area contributed by atoms with Gasteiger partial charge in [0.25, 0.3) is 5.91 Å². The molecule has 0 saturated heterocycles. The topological polar surface area (TPSA) is 70.7 Å².